The molecule has 0 spiro atoms. The fourth-order valence-corrected chi connectivity index (χ4v) is 4.49. The van der Waals surface area contributed by atoms with Gasteiger partial charge in [-0.2, -0.15) is 0 Å². The molecule has 4 atom stereocenters. The lowest BCUT2D eigenvalue weighted by Gasteiger charge is -2.41. The summed E-state index contributed by atoms with van der Waals surface area (Å²) >= 11 is 12.5. The minimum atomic E-state index is -0.214. The number of benzene rings is 2. The van der Waals surface area contributed by atoms with Crippen molar-refractivity contribution in [2.75, 3.05) is 6.61 Å². The van der Waals surface area contributed by atoms with E-state index in [1.54, 1.807) is 0 Å². The van der Waals surface area contributed by atoms with Crippen molar-refractivity contribution >= 4 is 29.1 Å². The van der Waals surface area contributed by atoms with Gasteiger partial charge in [-0.3, -0.25) is 0 Å². The number of halogens is 2. The van der Waals surface area contributed by atoms with Gasteiger partial charge in [0.2, 0.25) is 0 Å². The quantitative estimate of drug-likeness (QED) is 0.381. The second-order valence-electron chi connectivity index (χ2n) is 9.38. The topological polar surface area (TPSA) is 21.6 Å². The van der Waals surface area contributed by atoms with Crippen molar-refractivity contribution in [3.05, 3.63) is 82.4 Å². The van der Waals surface area contributed by atoms with Crippen LogP contribution in [0.1, 0.15) is 63.6 Å². The van der Waals surface area contributed by atoms with Gasteiger partial charge >= 0.3 is 0 Å². The van der Waals surface area contributed by atoms with Crippen LogP contribution < -0.4 is 0 Å². The van der Waals surface area contributed by atoms with E-state index in [0.29, 0.717) is 18.4 Å². The predicted octanol–water partition coefficient (Wildman–Crippen LogP) is 8.51. The first kappa shape index (κ1) is 23.9. The first-order chi connectivity index (χ1) is 14.7. The van der Waals surface area contributed by atoms with Crippen molar-refractivity contribution in [1.29, 1.82) is 0 Å². The van der Waals surface area contributed by atoms with Gasteiger partial charge in [0.25, 0.3) is 0 Å². The molecular weight excluding hydrogens is 425 g/mol. The third-order valence-electron chi connectivity index (χ3n) is 6.53. The maximum atomic E-state index is 6.41. The van der Waals surface area contributed by atoms with E-state index >= 15 is 0 Å². The maximum Gasteiger partial charge on any atom is 0.190 e. The van der Waals surface area contributed by atoms with Gasteiger partial charge in [-0.15, -0.1) is 6.58 Å². The molecule has 2 aromatic rings. The summed E-state index contributed by atoms with van der Waals surface area (Å²) in [6.07, 6.45) is 3.69. The number of rotatable bonds is 7. The Hall–Kier alpha value is -1.77. The SMILES string of the molecule is C=CC[C@@]1(C)C[C@H](c2cccc(Cl)c2)[C@@H](c2ccc(Cl)cc2)N=C1OC[C@@H](C)C(C)C. The van der Waals surface area contributed by atoms with Crippen LogP contribution in [0.4, 0.5) is 0 Å². The molecule has 0 amide bonds. The summed E-state index contributed by atoms with van der Waals surface area (Å²) in [6, 6.07) is 16.1. The zero-order valence-electron chi connectivity index (χ0n) is 18.9. The van der Waals surface area contributed by atoms with Crippen molar-refractivity contribution in [2.24, 2.45) is 22.2 Å². The van der Waals surface area contributed by atoms with Gasteiger partial charge in [-0.25, -0.2) is 4.99 Å². The fourth-order valence-electron chi connectivity index (χ4n) is 4.16. The Labute approximate surface area is 197 Å². The van der Waals surface area contributed by atoms with Gasteiger partial charge < -0.3 is 4.74 Å². The van der Waals surface area contributed by atoms with Crippen molar-refractivity contribution in [1.82, 2.24) is 0 Å². The largest absolute Gasteiger partial charge is 0.480 e. The van der Waals surface area contributed by atoms with Crippen molar-refractivity contribution in [3.63, 3.8) is 0 Å². The smallest absolute Gasteiger partial charge is 0.190 e. The molecule has 1 aliphatic heterocycles. The molecule has 0 radical (unpaired) electrons. The Morgan fingerprint density at radius 1 is 1.10 bits per heavy atom. The molecule has 0 saturated carbocycles. The molecule has 1 heterocycles. The van der Waals surface area contributed by atoms with E-state index in [4.69, 9.17) is 32.9 Å². The second kappa shape index (κ2) is 10.2. The molecule has 166 valence electrons. The molecule has 0 aromatic heterocycles. The minimum Gasteiger partial charge on any atom is -0.480 e. The number of aliphatic imine (C=N–C) groups is 1. The Balaban J connectivity index is 2.06. The highest BCUT2D eigenvalue weighted by atomic mass is 35.5. The number of allylic oxidation sites excluding steroid dienone is 1. The van der Waals surface area contributed by atoms with Crippen molar-refractivity contribution in [3.8, 4) is 0 Å². The normalized spacial score (nSPS) is 24.5. The third-order valence-corrected chi connectivity index (χ3v) is 7.02. The molecule has 4 heteroatoms. The van der Waals surface area contributed by atoms with Gasteiger partial charge in [0, 0.05) is 21.4 Å². The fraction of sp³-hybridized carbons (Fsp3) is 0.444. The highest BCUT2D eigenvalue weighted by molar-refractivity contribution is 6.30. The lowest BCUT2D eigenvalue weighted by Crippen LogP contribution is -2.38. The molecule has 0 unspecified atom stereocenters. The molecule has 3 rings (SSSR count). The Morgan fingerprint density at radius 2 is 1.81 bits per heavy atom. The summed E-state index contributed by atoms with van der Waals surface area (Å²) in [6.45, 7) is 13.6. The molecule has 0 aliphatic carbocycles. The molecule has 2 nitrogen and oxygen atoms in total. The molecule has 0 saturated heterocycles. The molecular formula is C27H33Cl2NO. The molecule has 31 heavy (non-hydrogen) atoms. The molecule has 0 fully saturated rings. The van der Waals surface area contributed by atoms with Crippen LogP contribution in [-0.4, -0.2) is 12.5 Å². The van der Waals surface area contributed by atoms with E-state index in [1.807, 2.05) is 30.3 Å². The highest BCUT2D eigenvalue weighted by Gasteiger charge is 2.43. The third kappa shape index (κ3) is 5.73. The highest BCUT2D eigenvalue weighted by Crippen LogP contribution is 2.49. The van der Waals surface area contributed by atoms with Crippen LogP contribution >= 0.6 is 23.2 Å². The van der Waals surface area contributed by atoms with E-state index in [0.717, 1.165) is 34.3 Å². The van der Waals surface area contributed by atoms with Gasteiger partial charge in [-0.1, -0.05) is 81.2 Å². The van der Waals surface area contributed by atoms with E-state index in [1.165, 1.54) is 5.56 Å². The van der Waals surface area contributed by atoms with Crippen molar-refractivity contribution in [2.45, 2.75) is 52.5 Å². The number of ether oxygens (including phenoxy) is 1. The van der Waals surface area contributed by atoms with E-state index in [-0.39, 0.29) is 17.4 Å². The van der Waals surface area contributed by atoms with E-state index in [2.05, 4.69) is 58.5 Å². The molecule has 0 N–H and O–H groups in total. The van der Waals surface area contributed by atoms with Crippen LogP contribution in [0.15, 0.2) is 66.2 Å². The van der Waals surface area contributed by atoms with Crippen LogP contribution in [0.2, 0.25) is 10.0 Å². The summed E-state index contributed by atoms with van der Waals surface area (Å²) in [4.78, 5) is 5.23. The standard InChI is InChI=1S/C27H33Cl2NO/c1-6-14-27(5)16-24(21-8-7-9-23(29)15-21)25(20-10-12-22(28)13-11-20)30-26(27)31-17-19(4)18(2)3/h6-13,15,18-19,24-25H,1,14,16-17H2,2-5H3/t19-,24-,25-,27+/m1/s1. The Bertz CT molecular complexity index is 921. The molecule has 1 aliphatic rings. The summed E-state index contributed by atoms with van der Waals surface area (Å²) in [5, 5.41) is 1.47. The first-order valence-corrected chi connectivity index (χ1v) is 11.8. The van der Waals surface area contributed by atoms with Crippen LogP contribution in [-0.2, 0) is 4.74 Å². The predicted molar refractivity (Wildman–Crippen MR) is 133 cm³/mol. The Kier molecular flexibility index (Phi) is 7.88. The summed E-state index contributed by atoms with van der Waals surface area (Å²) in [7, 11) is 0. The Morgan fingerprint density at radius 3 is 2.42 bits per heavy atom. The van der Waals surface area contributed by atoms with Crippen LogP contribution in [0, 0.1) is 17.3 Å². The number of nitrogens with zero attached hydrogens (tertiary/aromatic N) is 1. The summed E-state index contributed by atoms with van der Waals surface area (Å²) < 4.78 is 6.41. The zero-order valence-corrected chi connectivity index (χ0v) is 20.5. The van der Waals surface area contributed by atoms with Crippen LogP contribution in [0.25, 0.3) is 0 Å². The van der Waals surface area contributed by atoms with Gasteiger partial charge in [0.1, 0.15) is 0 Å². The first-order valence-electron chi connectivity index (χ1n) is 11.1. The van der Waals surface area contributed by atoms with Gasteiger partial charge in [-0.05, 0) is 60.1 Å². The van der Waals surface area contributed by atoms with Crippen molar-refractivity contribution < 1.29 is 4.74 Å². The summed E-state index contributed by atoms with van der Waals surface area (Å²) in [5.74, 6) is 2.02. The monoisotopic (exact) mass is 457 g/mol. The van der Waals surface area contributed by atoms with E-state index in [9.17, 15) is 0 Å². The average Bonchev–Trinajstić information content (AvgIpc) is 2.73. The lowest BCUT2D eigenvalue weighted by molar-refractivity contribution is 0.164. The second-order valence-corrected chi connectivity index (χ2v) is 10.3. The average molecular weight is 458 g/mol. The van der Waals surface area contributed by atoms with Gasteiger partial charge in [0.05, 0.1) is 12.6 Å². The van der Waals surface area contributed by atoms with Crippen LogP contribution in [0.5, 0.6) is 0 Å². The molecule has 0 bridgehead atoms. The lowest BCUT2D eigenvalue weighted by atomic mass is 9.70. The van der Waals surface area contributed by atoms with E-state index < -0.39 is 0 Å². The minimum absolute atomic E-state index is 0.0574. The van der Waals surface area contributed by atoms with Gasteiger partial charge in [0.15, 0.2) is 5.90 Å². The maximum absolute atomic E-state index is 6.41. The van der Waals surface area contributed by atoms with Crippen LogP contribution in [0.3, 0.4) is 0 Å². The number of hydrogen-bond donors (Lipinski definition) is 0. The molecule has 2 aromatic carbocycles. The number of hydrogen-bond acceptors (Lipinski definition) is 2. The zero-order chi connectivity index (χ0) is 22.6. The summed E-state index contributed by atoms with van der Waals surface area (Å²) in [5.41, 5.74) is 2.11.